The quantitative estimate of drug-likeness (QED) is 0.310. The normalized spacial score (nSPS) is 19.2. The van der Waals surface area contributed by atoms with E-state index in [1.54, 1.807) is 35.3 Å². The smallest absolute Gasteiger partial charge is 0.141 e. The van der Waals surface area contributed by atoms with E-state index in [2.05, 4.69) is 71.7 Å². The van der Waals surface area contributed by atoms with Crippen molar-refractivity contribution >= 4 is 54.7 Å². The first-order valence-corrected chi connectivity index (χ1v) is 15.1. The molecule has 2 aliphatic rings. The van der Waals surface area contributed by atoms with E-state index in [0.29, 0.717) is 11.8 Å². The van der Waals surface area contributed by atoms with Crippen molar-refractivity contribution in [3.05, 3.63) is 59.3 Å². The average molecular weight is 561 g/mol. The van der Waals surface area contributed by atoms with Crippen LogP contribution in [0.5, 0.6) is 0 Å². The average Bonchev–Trinajstić information content (AvgIpc) is 3.80. The van der Waals surface area contributed by atoms with E-state index in [4.69, 9.17) is 0 Å². The highest BCUT2D eigenvalue weighted by Gasteiger charge is 2.26. The van der Waals surface area contributed by atoms with Crippen molar-refractivity contribution < 1.29 is 10.2 Å². The monoisotopic (exact) mass is 560 g/mol. The maximum atomic E-state index is 9.38. The lowest BCUT2D eigenvalue weighted by Crippen LogP contribution is -2.22. The number of nitrogens with zero attached hydrogens (tertiary/aromatic N) is 6. The molecule has 6 heterocycles. The van der Waals surface area contributed by atoms with E-state index >= 15 is 0 Å². The van der Waals surface area contributed by atoms with Gasteiger partial charge in [-0.3, -0.25) is 0 Å². The zero-order valence-corrected chi connectivity index (χ0v) is 23.5. The molecule has 2 aliphatic heterocycles. The molecular weight excluding hydrogens is 528 g/mol. The predicted octanol–water partition coefficient (Wildman–Crippen LogP) is 5.00. The van der Waals surface area contributed by atoms with E-state index in [0.717, 1.165) is 65.7 Å². The first-order chi connectivity index (χ1) is 19.2. The molecule has 1 aromatic carbocycles. The number of aliphatic hydroxyl groups is 2. The van der Waals surface area contributed by atoms with E-state index in [1.807, 2.05) is 6.07 Å². The fourth-order valence-corrected chi connectivity index (χ4v) is 7.31. The predicted molar refractivity (Wildman–Crippen MR) is 160 cm³/mol. The number of rotatable bonds is 5. The second kappa shape index (κ2) is 11.5. The fourth-order valence-electron chi connectivity index (χ4n) is 5.52. The van der Waals surface area contributed by atoms with Crippen LogP contribution in [0.25, 0.3) is 31.6 Å². The van der Waals surface area contributed by atoms with Gasteiger partial charge < -0.3 is 20.0 Å². The zero-order valence-electron chi connectivity index (χ0n) is 21.9. The summed E-state index contributed by atoms with van der Waals surface area (Å²) < 4.78 is 0. The van der Waals surface area contributed by atoms with Gasteiger partial charge in [0, 0.05) is 62.2 Å². The van der Waals surface area contributed by atoms with Crippen LogP contribution in [0.4, 0.5) is 11.6 Å². The molecule has 7 rings (SSSR count). The number of thiophene rings is 2. The summed E-state index contributed by atoms with van der Waals surface area (Å²) in [5.74, 6) is 2.77. The van der Waals surface area contributed by atoms with E-state index in [1.165, 1.54) is 22.1 Å². The fraction of sp³-hybridized carbons (Fsp3) is 0.379. The summed E-state index contributed by atoms with van der Waals surface area (Å²) >= 11 is 3.33. The van der Waals surface area contributed by atoms with Crippen molar-refractivity contribution in [3.8, 4) is 11.1 Å². The van der Waals surface area contributed by atoms with Crippen LogP contribution < -0.4 is 9.80 Å². The van der Waals surface area contributed by atoms with Crippen molar-refractivity contribution in [2.24, 2.45) is 11.8 Å². The molecule has 1 unspecified atom stereocenters. The van der Waals surface area contributed by atoms with Crippen LogP contribution in [-0.2, 0) is 0 Å². The van der Waals surface area contributed by atoms with E-state index in [-0.39, 0.29) is 13.2 Å². The molecule has 2 fully saturated rings. The molecule has 5 aromatic rings. The largest absolute Gasteiger partial charge is 0.396 e. The van der Waals surface area contributed by atoms with Crippen LogP contribution in [0.1, 0.15) is 18.4 Å². The van der Waals surface area contributed by atoms with E-state index < -0.39 is 0 Å². The number of hydrogen-bond donors (Lipinski definition) is 2. The Kier molecular flexibility index (Phi) is 7.69. The number of benzene rings is 1. The van der Waals surface area contributed by atoms with Crippen molar-refractivity contribution in [3.63, 3.8) is 0 Å². The lowest BCUT2D eigenvalue weighted by molar-refractivity contribution is 0.238. The van der Waals surface area contributed by atoms with Crippen LogP contribution in [-0.4, -0.2) is 69.5 Å². The SMILES string of the molecule is Cc1csc2ncnc(N3CCC(CO)C3)c12.OC[C@H]1CCN(c2ncnc3scc(-c4ccccc4)c23)C1. The summed E-state index contributed by atoms with van der Waals surface area (Å²) in [4.78, 5) is 24.4. The molecule has 2 N–H and O–H groups in total. The third kappa shape index (κ3) is 5.21. The number of anilines is 2. The van der Waals surface area contributed by atoms with Gasteiger partial charge in [-0.05, 0) is 36.3 Å². The van der Waals surface area contributed by atoms with Crippen LogP contribution >= 0.6 is 22.7 Å². The van der Waals surface area contributed by atoms with E-state index in [9.17, 15) is 10.2 Å². The molecule has 0 bridgehead atoms. The Morgan fingerprint density at radius 2 is 1.33 bits per heavy atom. The molecule has 0 amide bonds. The topological polar surface area (TPSA) is 98.5 Å². The Labute approximate surface area is 235 Å². The number of aromatic nitrogens is 4. The van der Waals surface area contributed by atoms with Gasteiger partial charge in [-0.2, -0.15) is 0 Å². The van der Waals surface area contributed by atoms with Gasteiger partial charge in [0.15, 0.2) is 0 Å². The molecule has 2 atom stereocenters. The Morgan fingerprint density at radius 1 is 0.769 bits per heavy atom. The second-order valence-electron chi connectivity index (χ2n) is 10.3. The number of aryl methyl sites for hydroxylation is 1. The summed E-state index contributed by atoms with van der Waals surface area (Å²) in [6, 6.07) is 10.4. The first kappa shape index (κ1) is 26.1. The van der Waals surface area contributed by atoms with Crippen LogP contribution in [0.2, 0.25) is 0 Å². The van der Waals surface area contributed by atoms with Gasteiger partial charge >= 0.3 is 0 Å². The maximum absolute atomic E-state index is 9.38. The summed E-state index contributed by atoms with van der Waals surface area (Å²) in [5, 5.41) is 25.2. The molecule has 0 saturated carbocycles. The highest BCUT2D eigenvalue weighted by molar-refractivity contribution is 7.17. The van der Waals surface area contributed by atoms with Crippen molar-refractivity contribution in [2.45, 2.75) is 19.8 Å². The zero-order chi connectivity index (χ0) is 26.8. The molecule has 8 nitrogen and oxygen atoms in total. The summed E-state index contributed by atoms with van der Waals surface area (Å²) in [6.07, 6.45) is 5.35. The second-order valence-corrected chi connectivity index (χ2v) is 12.0. The Bertz CT molecular complexity index is 1560. The minimum absolute atomic E-state index is 0.250. The van der Waals surface area contributed by atoms with Gasteiger partial charge in [-0.15, -0.1) is 22.7 Å². The van der Waals surface area contributed by atoms with Gasteiger partial charge in [0.05, 0.1) is 10.8 Å². The van der Waals surface area contributed by atoms with Crippen molar-refractivity contribution in [1.82, 2.24) is 19.9 Å². The Hall–Kier alpha value is -3.18. The third-order valence-corrected chi connectivity index (χ3v) is 9.55. The molecule has 0 aliphatic carbocycles. The molecule has 0 spiro atoms. The number of hydrogen-bond acceptors (Lipinski definition) is 10. The first-order valence-electron chi connectivity index (χ1n) is 13.3. The van der Waals surface area contributed by atoms with Gasteiger partial charge in [0.1, 0.15) is 34.0 Å². The molecular formula is C29H32N6O2S2. The summed E-state index contributed by atoms with van der Waals surface area (Å²) in [5.41, 5.74) is 3.64. The maximum Gasteiger partial charge on any atom is 0.141 e. The lowest BCUT2D eigenvalue weighted by atomic mass is 10.1. The van der Waals surface area contributed by atoms with Crippen molar-refractivity contribution in [1.29, 1.82) is 0 Å². The highest BCUT2D eigenvalue weighted by Crippen LogP contribution is 2.39. The van der Waals surface area contributed by atoms with Crippen molar-refractivity contribution in [2.75, 3.05) is 49.2 Å². The standard InChI is InChI=1S/C17H17N3OS.C12H15N3OS/c21-9-12-6-7-20(8-12)16-15-14(13-4-2-1-3-5-13)10-22-17(15)19-11-18-16;1-8-6-17-12-10(8)11(13-7-14-12)15-3-2-9(4-15)5-16/h1-5,10-12,21H,6-9H2;6-7,9,16H,2-5H2,1H3/t12-;/m0./s1. The van der Waals surface area contributed by atoms with Gasteiger partial charge in [-0.25, -0.2) is 19.9 Å². The Balaban J connectivity index is 0.000000147. The van der Waals surface area contributed by atoms with Crippen LogP contribution in [0.15, 0.2) is 53.7 Å². The van der Waals surface area contributed by atoms with Gasteiger partial charge in [-0.1, -0.05) is 30.3 Å². The number of aliphatic hydroxyl groups excluding tert-OH is 2. The lowest BCUT2D eigenvalue weighted by Gasteiger charge is -2.18. The van der Waals surface area contributed by atoms with Gasteiger partial charge in [0.2, 0.25) is 0 Å². The van der Waals surface area contributed by atoms with Crippen LogP contribution in [0.3, 0.4) is 0 Å². The summed E-state index contributed by atoms with van der Waals surface area (Å²) in [6.45, 7) is 6.32. The third-order valence-electron chi connectivity index (χ3n) is 7.66. The van der Waals surface area contributed by atoms with Crippen LogP contribution in [0, 0.1) is 18.8 Å². The molecule has 39 heavy (non-hydrogen) atoms. The van der Waals surface area contributed by atoms with Gasteiger partial charge in [0.25, 0.3) is 0 Å². The highest BCUT2D eigenvalue weighted by atomic mass is 32.1. The minimum Gasteiger partial charge on any atom is -0.396 e. The molecule has 0 radical (unpaired) electrons. The molecule has 2 saturated heterocycles. The Morgan fingerprint density at radius 3 is 1.92 bits per heavy atom. The molecule has 10 heteroatoms. The minimum atomic E-state index is 0.250. The molecule has 202 valence electrons. The summed E-state index contributed by atoms with van der Waals surface area (Å²) in [7, 11) is 0. The number of fused-ring (bicyclic) bond motifs is 2. The molecule has 4 aromatic heterocycles.